The van der Waals surface area contributed by atoms with Crippen molar-refractivity contribution in [3.8, 4) is 0 Å². The van der Waals surface area contributed by atoms with Crippen molar-refractivity contribution in [3.05, 3.63) is 57.8 Å². The van der Waals surface area contributed by atoms with E-state index < -0.39 is 0 Å². The molecule has 1 fully saturated rings. The summed E-state index contributed by atoms with van der Waals surface area (Å²) in [4.78, 5) is 18.8. The Morgan fingerprint density at radius 1 is 1.14 bits per heavy atom. The molecule has 0 bridgehead atoms. The van der Waals surface area contributed by atoms with Crippen molar-refractivity contribution in [2.45, 2.75) is 57.4 Å². The molecule has 4 rings (SSSR count). The minimum atomic E-state index is 0.275. The number of nitrogens with zero attached hydrogens (tertiary/aromatic N) is 2. The average Bonchev–Trinajstić information content (AvgIpc) is 3.32. The summed E-state index contributed by atoms with van der Waals surface area (Å²) in [7, 11) is 0. The van der Waals surface area contributed by atoms with Crippen LogP contribution in [0.5, 0.6) is 0 Å². The minimum Gasteiger partial charge on any atom is -0.343 e. The van der Waals surface area contributed by atoms with Crippen molar-refractivity contribution >= 4 is 17.2 Å². The number of rotatable bonds is 6. The van der Waals surface area contributed by atoms with E-state index in [1.54, 1.807) is 0 Å². The maximum Gasteiger partial charge on any atom is 0.223 e. The van der Waals surface area contributed by atoms with Crippen LogP contribution in [0.4, 0.5) is 0 Å². The Kier molecular flexibility index (Phi) is 5.88. The van der Waals surface area contributed by atoms with Crippen LogP contribution in [-0.4, -0.2) is 41.9 Å². The van der Waals surface area contributed by atoms with Crippen LogP contribution in [0, 0.1) is 0 Å². The van der Waals surface area contributed by atoms with Gasteiger partial charge in [0.1, 0.15) is 0 Å². The van der Waals surface area contributed by atoms with Crippen LogP contribution in [0.25, 0.3) is 0 Å². The molecule has 3 nitrogen and oxygen atoms in total. The third kappa shape index (κ3) is 3.77. The topological polar surface area (TPSA) is 23.6 Å². The van der Waals surface area contributed by atoms with Crippen molar-refractivity contribution in [2.24, 2.45) is 0 Å². The van der Waals surface area contributed by atoms with Gasteiger partial charge in [0.15, 0.2) is 0 Å². The van der Waals surface area contributed by atoms with Crippen LogP contribution in [-0.2, 0) is 16.8 Å². The first kappa shape index (κ1) is 19.7. The molecule has 0 radical (unpaired) electrons. The molecule has 150 valence electrons. The zero-order valence-corrected chi connectivity index (χ0v) is 18.0. The summed E-state index contributed by atoms with van der Waals surface area (Å²) in [5, 5.41) is 2.17. The van der Waals surface area contributed by atoms with Crippen molar-refractivity contribution in [1.29, 1.82) is 0 Å². The number of thiophene rings is 1. The molecule has 1 amide bonds. The monoisotopic (exact) mass is 396 g/mol. The van der Waals surface area contributed by atoms with Crippen LogP contribution in [0.1, 0.15) is 61.5 Å². The number of benzene rings is 1. The summed E-state index contributed by atoms with van der Waals surface area (Å²) < 4.78 is 0. The molecule has 1 atom stereocenters. The third-order valence-corrected chi connectivity index (χ3v) is 7.78. The lowest BCUT2D eigenvalue weighted by atomic mass is 9.73. The van der Waals surface area contributed by atoms with Crippen molar-refractivity contribution in [3.63, 3.8) is 0 Å². The number of amides is 1. The van der Waals surface area contributed by atoms with Gasteiger partial charge in [-0.3, -0.25) is 9.69 Å². The highest BCUT2D eigenvalue weighted by atomic mass is 32.1. The number of piperidine rings is 1. The predicted octanol–water partition coefficient (Wildman–Crippen LogP) is 5.03. The molecular weight excluding hydrogens is 364 g/mol. The van der Waals surface area contributed by atoms with Crippen molar-refractivity contribution in [2.75, 3.05) is 26.2 Å². The molecule has 4 heteroatoms. The van der Waals surface area contributed by atoms with E-state index in [1.807, 2.05) is 16.2 Å². The molecule has 1 spiro atoms. The van der Waals surface area contributed by atoms with E-state index in [1.165, 1.54) is 28.8 Å². The van der Waals surface area contributed by atoms with Gasteiger partial charge in [0.25, 0.3) is 0 Å². The van der Waals surface area contributed by atoms with Gasteiger partial charge in [-0.1, -0.05) is 30.3 Å². The van der Waals surface area contributed by atoms with Gasteiger partial charge in [-0.15, -0.1) is 11.3 Å². The SMILES string of the molecule is CCN(CC)C(=O)C[C@@H]1CC2(CCN(Cc3cccs3)CC2)c2ccccc21. The molecule has 2 heterocycles. The van der Waals surface area contributed by atoms with E-state index >= 15 is 0 Å². The highest BCUT2D eigenvalue weighted by Gasteiger charge is 2.45. The summed E-state index contributed by atoms with van der Waals surface area (Å²) in [5.74, 6) is 0.699. The molecule has 0 saturated carbocycles. The van der Waals surface area contributed by atoms with Gasteiger partial charge in [-0.05, 0) is 80.1 Å². The number of hydrogen-bond acceptors (Lipinski definition) is 3. The molecule has 1 aromatic carbocycles. The van der Waals surface area contributed by atoms with Crippen LogP contribution in [0.15, 0.2) is 41.8 Å². The van der Waals surface area contributed by atoms with Gasteiger partial charge >= 0.3 is 0 Å². The Morgan fingerprint density at radius 2 is 1.89 bits per heavy atom. The Hall–Kier alpha value is -1.65. The van der Waals surface area contributed by atoms with Gasteiger partial charge in [-0.25, -0.2) is 0 Å². The third-order valence-electron chi connectivity index (χ3n) is 6.92. The average molecular weight is 397 g/mol. The summed E-state index contributed by atoms with van der Waals surface area (Å²) >= 11 is 1.86. The molecule has 1 aliphatic heterocycles. The number of fused-ring (bicyclic) bond motifs is 2. The second-order valence-electron chi connectivity index (χ2n) is 8.39. The van der Waals surface area contributed by atoms with Crippen LogP contribution >= 0.6 is 11.3 Å². The number of carbonyl (C=O) groups is 1. The molecular formula is C24H32N2OS. The molecule has 28 heavy (non-hydrogen) atoms. The van der Waals surface area contributed by atoms with E-state index in [0.717, 1.165) is 39.1 Å². The zero-order chi connectivity index (χ0) is 19.6. The smallest absolute Gasteiger partial charge is 0.223 e. The molecule has 0 N–H and O–H groups in total. The molecule has 2 aliphatic rings. The lowest BCUT2D eigenvalue weighted by molar-refractivity contribution is -0.131. The van der Waals surface area contributed by atoms with Crippen molar-refractivity contribution in [1.82, 2.24) is 9.80 Å². The fourth-order valence-corrected chi connectivity index (χ4v) is 6.11. The second kappa shape index (κ2) is 8.38. The molecule has 0 unspecified atom stereocenters. The Labute approximate surface area is 173 Å². The van der Waals surface area contributed by atoms with Crippen LogP contribution in [0.2, 0.25) is 0 Å². The maximum absolute atomic E-state index is 12.8. The Bertz CT molecular complexity index is 789. The molecule has 1 aromatic heterocycles. The molecule has 1 aliphatic carbocycles. The van der Waals surface area contributed by atoms with Gasteiger partial charge in [0, 0.05) is 30.9 Å². The zero-order valence-electron chi connectivity index (χ0n) is 17.2. The van der Waals surface area contributed by atoms with Crippen molar-refractivity contribution < 1.29 is 4.79 Å². The normalized spacial score (nSPS) is 21.0. The summed E-state index contributed by atoms with van der Waals surface area (Å²) in [5.41, 5.74) is 3.24. The summed E-state index contributed by atoms with van der Waals surface area (Å²) in [6, 6.07) is 13.4. The van der Waals surface area contributed by atoms with Gasteiger partial charge < -0.3 is 4.90 Å². The number of carbonyl (C=O) groups excluding carboxylic acids is 1. The Morgan fingerprint density at radius 3 is 2.57 bits per heavy atom. The number of hydrogen-bond donors (Lipinski definition) is 0. The van der Waals surface area contributed by atoms with Crippen LogP contribution in [0.3, 0.4) is 0 Å². The second-order valence-corrected chi connectivity index (χ2v) is 9.43. The highest BCUT2D eigenvalue weighted by molar-refractivity contribution is 7.09. The predicted molar refractivity (Wildman–Crippen MR) is 117 cm³/mol. The van der Waals surface area contributed by atoms with Gasteiger partial charge in [0.2, 0.25) is 5.91 Å². The lowest BCUT2D eigenvalue weighted by Gasteiger charge is -2.40. The quantitative estimate of drug-likeness (QED) is 0.684. The highest BCUT2D eigenvalue weighted by Crippen LogP contribution is 2.52. The van der Waals surface area contributed by atoms with E-state index in [9.17, 15) is 4.79 Å². The van der Waals surface area contributed by atoms with E-state index in [0.29, 0.717) is 18.2 Å². The largest absolute Gasteiger partial charge is 0.343 e. The van der Waals surface area contributed by atoms with E-state index in [2.05, 4.69) is 60.5 Å². The van der Waals surface area contributed by atoms with E-state index in [4.69, 9.17) is 0 Å². The first-order valence-corrected chi connectivity index (χ1v) is 11.6. The maximum atomic E-state index is 12.8. The first-order chi connectivity index (χ1) is 13.6. The number of likely N-dealkylation sites (tertiary alicyclic amines) is 1. The van der Waals surface area contributed by atoms with Gasteiger partial charge in [-0.2, -0.15) is 0 Å². The fraction of sp³-hybridized carbons (Fsp3) is 0.542. The lowest BCUT2D eigenvalue weighted by Crippen LogP contribution is -2.41. The summed E-state index contributed by atoms with van der Waals surface area (Å²) in [6.45, 7) is 9.17. The first-order valence-electron chi connectivity index (χ1n) is 10.8. The fourth-order valence-electron chi connectivity index (χ4n) is 5.36. The molecule has 2 aromatic rings. The summed E-state index contributed by atoms with van der Waals surface area (Å²) in [6.07, 6.45) is 4.24. The van der Waals surface area contributed by atoms with E-state index in [-0.39, 0.29) is 5.41 Å². The minimum absolute atomic E-state index is 0.275. The molecule has 1 saturated heterocycles. The van der Waals surface area contributed by atoms with Crippen LogP contribution < -0.4 is 0 Å². The van der Waals surface area contributed by atoms with Gasteiger partial charge in [0.05, 0.1) is 0 Å². The Balaban J connectivity index is 1.48. The standard InChI is InChI=1S/C24H32N2OS/c1-3-26(4-2)23(27)16-19-17-24(22-10-6-5-9-21(19)22)11-13-25(14-12-24)18-20-8-7-15-28-20/h5-10,15,19H,3-4,11-14,16-18H2,1-2H3/t19-/m1/s1.